The molecule has 2 saturated heterocycles. The zero-order chi connectivity index (χ0) is 22.0. The Bertz CT molecular complexity index is 922. The highest BCUT2D eigenvalue weighted by atomic mass is 19.4. The molecule has 166 valence electrons. The first-order valence-electron chi connectivity index (χ1n) is 10.3. The van der Waals surface area contributed by atoms with Crippen LogP contribution < -0.4 is 14.5 Å². The Hall–Kier alpha value is -3.04. The number of carbonyl (C=O) groups excluding carboxylic acids is 1. The summed E-state index contributed by atoms with van der Waals surface area (Å²) < 4.78 is 40.7. The number of hydrogen-bond donors (Lipinski definition) is 0. The van der Waals surface area contributed by atoms with Crippen LogP contribution in [0.4, 0.5) is 24.9 Å². The van der Waals surface area contributed by atoms with Gasteiger partial charge in [-0.25, -0.2) is 4.98 Å². The van der Waals surface area contributed by atoms with Crippen LogP contribution in [0.15, 0.2) is 30.3 Å². The standard InChI is InChI=1S/C21H24F3N5O2/c1-15-14-18(27-8-2-3-9-27)26-20(25-15)29-12-10-28(11-13-29)19(30)16-4-6-17(7-5-16)31-21(22,23)24/h4-7,14H,2-3,8-13H2,1H3. The van der Waals surface area contributed by atoms with E-state index in [0.717, 1.165) is 36.7 Å². The van der Waals surface area contributed by atoms with Crippen molar-refractivity contribution in [1.29, 1.82) is 0 Å². The van der Waals surface area contributed by atoms with Crippen molar-refractivity contribution >= 4 is 17.7 Å². The highest BCUT2D eigenvalue weighted by Crippen LogP contribution is 2.24. The molecule has 2 aliphatic rings. The van der Waals surface area contributed by atoms with Crippen molar-refractivity contribution < 1.29 is 22.7 Å². The van der Waals surface area contributed by atoms with E-state index in [2.05, 4.69) is 19.5 Å². The van der Waals surface area contributed by atoms with Gasteiger partial charge in [-0.2, -0.15) is 4.98 Å². The molecule has 2 fully saturated rings. The minimum Gasteiger partial charge on any atom is -0.406 e. The monoisotopic (exact) mass is 435 g/mol. The average Bonchev–Trinajstić information content (AvgIpc) is 3.27. The van der Waals surface area contributed by atoms with Gasteiger partial charge in [0.05, 0.1) is 0 Å². The van der Waals surface area contributed by atoms with Crippen molar-refractivity contribution in [2.45, 2.75) is 26.1 Å². The lowest BCUT2D eigenvalue weighted by Gasteiger charge is -2.35. The number of benzene rings is 1. The summed E-state index contributed by atoms with van der Waals surface area (Å²) in [6, 6.07) is 7.00. The fourth-order valence-electron chi connectivity index (χ4n) is 3.88. The number of alkyl halides is 3. The minimum atomic E-state index is -4.76. The quantitative estimate of drug-likeness (QED) is 0.735. The maximum Gasteiger partial charge on any atom is 0.573 e. The van der Waals surface area contributed by atoms with Crippen molar-refractivity contribution in [2.75, 3.05) is 49.1 Å². The Kier molecular flexibility index (Phi) is 5.88. The van der Waals surface area contributed by atoms with Crippen molar-refractivity contribution in [3.63, 3.8) is 0 Å². The number of rotatable bonds is 4. The molecule has 2 aliphatic heterocycles. The number of amides is 1. The van der Waals surface area contributed by atoms with Crippen molar-refractivity contribution in [2.24, 2.45) is 0 Å². The number of nitrogens with zero attached hydrogens (tertiary/aromatic N) is 5. The van der Waals surface area contributed by atoms with Gasteiger partial charge in [0.15, 0.2) is 0 Å². The van der Waals surface area contributed by atoms with Crippen LogP contribution >= 0.6 is 0 Å². The SMILES string of the molecule is Cc1cc(N2CCCC2)nc(N2CCN(C(=O)c3ccc(OC(F)(F)F)cc3)CC2)n1. The third-order valence-electron chi connectivity index (χ3n) is 5.44. The van der Waals surface area contributed by atoms with Crippen LogP contribution in [0.5, 0.6) is 5.75 Å². The van der Waals surface area contributed by atoms with E-state index in [-0.39, 0.29) is 11.7 Å². The van der Waals surface area contributed by atoms with E-state index in [4.69, 9.17) is 4.98 Å². The van der Waals surface area contributed by atoms with Gasteiger partial charge in [-0.3, -0.25) is 4.79 Å². The van der Waals surface area contributed by atoms with Gasteiger partial charge >= 0.3 is 6.36 Å². The number of carbonyl (C=O) groups is 1. The van der Waals surface area contributed by atoms with Gasteiger partial charge in [0.1, 0.15) is 11.6 Å². The van der Waals surface area contributed by atoms with Crippen molar-refractivity contribution in [3.8, 4) is 5.75 Å². The maximum absolute atomic E-state index is 12.7. The van der Waals surface area contributed by atoms with Gasteiger partial charge in [-0.1, -0.05) is 0 Å². The summed E-state index contributed by atoms with van der Waals surface area (Å²) in [5.74, 6) is 1.04. The van der Waals surface area contributed by atoms with Gasteiger partial charge in [-0.15, -0.1) is 13.2 Å². The van der Waals surface area contributed by atoms with E-state index in [1.165, 1.54) is 25.0 Å². The molecular weight excluding hydrogens is 411 g/mol. The van der Waals surface area contributed by atoms with Gasteiger partial charge in [0.25, 0.3) is 5.91 Å². The fourth-order valence-corrected chi connectivity index (χ4v) is 3.88. The number of aryl methyl sites for hydroxylation is 1. The van der Waals surface area contributed by atoms with E-state index in [1.807, 2.05) is 13.0 Å². The molecule has 2 aromatic rings. The van der Waals surface area contributed by atoms with Crippen LogP contribution in [0.3, 0.4) is 0 Å². The molecule has 0 saturated carbocycles. The second kappa shape index (κ2) is 8.60. The molecule has 4 rings (SSSR count). The second-order valence-corrected chi connectivity index (χ2v) is 7.71. The molecule has 0 unspecified atom stereocenters. The van der Waals surface area contributed by atoms with Gasteiger partial charge < -0.3 is 19.4 Å². The number of aromatic nitrogens is 2. The first-order chi connectivity index (χ1) is 14.8. The van der Waals surface area contributed by atoms with Crippen LogP contribution in [0.25, 0.3) is 0 Å². The average molecular weight is 435 g/mol. The van der Waals surface area contributed by atoms with E-state index < -0.39 is 6.36 Å². The molecule has 1 aromatic heterocycles. The number of hydrogen-bond acceptors (Lipinski definition) is 6. The lowest BCUT2D eigenvalue weighted by molar-refractivity contribution is -0.274. The smallest absolute Gasteiger partial charge is 0.406 e. The first-order valence-corrected chi connectivity index (χ1v) is 10.3. The topological polar surface area (TPSA) is 61.8 Å². The Morgan fingerprint density at radius 3 is 2.19 bits per heavy atom. The van der Waals surface area contributed by atoms with E-state index in [9.17, 15) is 18.0 Å². The molecule has 0 radical (unpaired) electrons. The van der Waals surface area contributed by atoms with Gasteiger partial charge in [0, 0.05) is 56.6 Å². The summed E-state index contributed by atoms with van der Waals surface area (Å²) in [5, 5.41) is 0. The molecule has 31 heavy (non-hydrogen) atoms. The van der Waals surface area contributed by atoms with Crippen LogP contribution in [0.2, 0.25) is 0 Å². The number of anilines is 2. The molecule has 7 nitrogen and oxygen atoms in total. The normalized spacial score (nSPS) is 17.2. The second-order valence-electron chi connectivity index (χ2n) is 7.71. The molecule has 0 atom stereocenters. The molecule has 0 aliphatic carbocycles. The molecule has 10 heteroatoms. The molecular formula is C21H24F3N5O2. The van der Waals surface area contributed by atoms with Crippen LogP contribution in [-0.2, 0) is 0 Å². The van der Waals surface area contributed by atoms with Crippen LogP contribution in [0.1, 0.15) is 28.9 Å². The van der Waals surface area contributed by atoms with E-state index >= 15 is 0 Å². The predicted molar refractivity (Wildman–Crippen MR) is 109 cm³/mol. The Labute approximate surface area is 178 Å². The van der Waals surface area contributed by atoms with E-state index in [0.29, 0.717) is 37.7 Å². The first kappa shape index (κ1) is 21.2. The largest absolute Gasteiger partial charge is 0.573 e. The summed E-state index contributed by atoms with van der Waals surface area (Å²) in [6.45, 7) is 6.10. The summed E-state index contributed by atoms with van der Waals surface area (Å²) >= 11 is 0. The summed E-state index contributed by atoms with van der Waals surface area (Å²) in [7, 11) is 0. The number of halogens is 3. The Balaban J connectivity index is 1.38. The highest BCUT2D eigenvalue weighted by molar-refractivity contribution is 5.94. The molecule has 1 aromatic carbocycles. The molecule has 0 spiro atoms. The third-order valence-corrected chi connectivity index (χ3v) is 5.44. The summed E-state index contributed by atoms with van der Waals surface area (Å²) in [6.07, 6.45) is -2.42. The van der Waals surface area contributed by atoms with Gasteiger partial charge in [-0.05, 0) is 44.0 Å². The number of piperazine rings is 1. The van der Waals surface area contributed by atoms with E-state index in [1.54, 1.807) is 4.90 Å². The molecule has 3 heterocycles. The summed E-state index contributed by atoms with van der Waals surface area (Å²) in [5.41, 5.74) is 1.23. The predicted octanol–water partition coefficient (Wildman–Crippen LogP) is 3.25. The van der Waals surface area contributed by atoms with Gasteiger partial charge in [0.2, 0.25) is 5.95 Å². The molecule has 0 N–H and O–H groups in total. The lowest BCUT2D eigenvalue weighted by atomic mass is 10.1. The third kappa shape index (κ3) is 5.18. The van der Waals surface area contributed by atoms with Crippen molar-refractivity contribution in [1.82, 2.24) is 14.9 Å². The van der Waals surface area contributed by atoms with Crippen LogP contribution in [0, 0.1) is 6.92 Å². The molecule has 1 amide bonds. The summed E-state index contributed by atoms with van der Waals surface area (Å²) in [4.78, 5) is 28.1. The minimum absolute atomic E-state index is 0.221. The highest BCUT2D eigenvalue weighted by Gasteiger charge is 2.31. The van der Waals surface area contributed by atoms with Crippen LogP contribution in [-0.4, -0.2) is 66.4 Å². The molecule has 0 bridgehead atoms. The lowest BCUT2D eigenvalue weighted by Crippen LogP contribution is -2.49. The number of ether oxygens (including phenoxy) is 1. The zero-order valence-electron chi connectivity index (χ0n) is 17.2. The van der Waals surface area contributed by atoms with Crippen molar-refractivity contribution in [3.05, 3.63) is 41.6 Å². The Morgan fingerprint density at radius 2 is 1.58 bits per heavy atom. The maximum atomic E-state index is 12.7. The Morgan fingerprint density at radius 1 is 0.935 bits per heavy atom. The fraction of sp³-hybridized carbons (Fsp3) is 0.476. The zero-order valence-corrected chi connectivity index (χ0v) is 17.2.